The third-order valence-corrected chi connectivity index (χ3v) is 4.28. The van der Waals surface area contributed by atoms with E-state index in [-0.39, 0.29) is 5.78 Å². The van der Waals surface area contributed by atoms with E-state index in [4.69, 9.17) is 21.1 Å². The lowest BCUT2D eigenvalue weighted by atomic mass is 10.1. The maximum Gasteiger partial charge on any atom is 0.185 e. The van der Waals surface area contributed by atoms with Crippen molar-refractivity contribution in [3.63, 3.8) is 0 Å². The minimum atomic E-state index is -0.151. The van der Waals surface area contributed by atoms with Crippen LogP contribution in [-0.4, -0.2) is 25.0 Å². The number of benzene rings is 2. The van der Waals surface area contributed by atoms with E-state index in [1.807, 2.05) is 24.3 Å². The van der Waals surface area contributed by atoms with Crippen molar-refractivity contribution in [3.8, 4) is 11.5 Å². The monoisotopic (exact) mass is 394 g/mol. The zero-order valence-corrected chi connectivity index (χ0v) is 16.2. The highest BCUT2D eigenvalue weighted by molar-refractivity contribution is 6.30. The van der Waals surface area contributed by atoms with Gasteiger partial charge in [-0.3, -0.25) is 4.79 Å². The van der Waals surface area contributed by atoms with E-state index in [9.17, 15) is 4.79 Å². The van der Waals surface area contributed by atoms with Crippen molar-refractivity contribution in [2.24, 2.45) is 0 Å². The standard InChI is InChI=1S/C22H19ClN2O3/c1-27-20-12-6-16(14-21(20)28-2)19(26)11-5-15-4-3-13-24-22(15)25-18-9-7-17(23)8-10-18/h3-14H,1-2H3,(H,24,25)/b11-5+. The first-order valence-corrected chi connectivity index (χ1v) is 8.90. The lowest BCUT2D eigenvalue weighted by Crippen LogP contribution is -1.98. The number of ketones is 1. The highest BCUT2D eigenvalue weighted by Crippen LogP contribution is 2.28. The van der Waals surface area contributed by atoms with Gasteiger partial charge in [-0.05, 0) is 66.7 Å². The molecule has 0 fully saturated rings. The molecule has 28 heavy (non-hydrogen) atoms. The lowest BCUT2D eigenvalue weighted by molar-refractivity contribution is 0.104. The number of aromatic nitrogens is 1. The molecule has 0 amide bonds. The summed E-state index contributed by atoms with van der Waals surface area (Å²) in [5.74, 6) is 1.57. The molecule has 5 nitrogen and oxygen atoms in total. The van der Waals surface area contributed by atoms with Crippen molar-refractivity contribution in [3.05, 3.63) is 83.0 Å². The number of carbonyl (C=O) groups excluding carboxylic acids is 1. The van der Waals surface area contributed by atoms with Crippen LogP contribution in [0, 0.1) is 0 Å². The van der Waals surface area contributed by atoms with E-state index in [1.54, 1.807) is 49.7 Å². The zero-order valence-electron chi connectivity index (χ0n) is 15.5. The summed E-state index contributed by atoms with van der Waals surface area (Å²) in [6.45, 7) is 0. The smallest absolute Gasteiger partial charge is 0.185 e. The number of anilines is 2. The molecule has 1 aromatic heterocycles. The highest BCUT2D eigenvalue weighted by Gasteiger charge is 2.09. The Hall–Kier alpha value is -3.31. The van der Waals surface area contributed by atoms with E-state index in [0.717, 1.165) is 11.3 Å². The second kappa shape index (κ2) is 9.06. The summed E-state index contributed by atoms with van der Waals surface area (Å²) in [6, 6.07) is 16.1. The number of hydrogen-bond donors (Lipinski definition) is 1. The summed E-state index contributed by atoms with van der Waals surface area (Å²) >= 11 is 5.92. The molecule has 6 heteroatoms. The highest BCUT2D eigenvalue weighted by atomic mass is 35.5. The van der Waals surface area contributed by atoms with Gasteiger partial charge in [-0.2, -0.15) is 0 Å². The Bertz CT molecular complexity index is 1000. The first-order chi connectivity index (χ1) is 13.6. The predicted octanol–water partition coefficient (Wildman–Crippen LogP) is 5.39. The number of rotatable bonds is 7. The zero-order chi connectivity index (χ0) is 19.9. The summed E-state index contributed by atoms with van der Waals surface area (Å²) in [7, 11) is 3.09. The average Bonchev–Trinajstić information content (AvgIpc) is 2.74. The fraction of sp³-hybridized carbons (Fsp3) is 0.0909. The molecular weight excluding hydrogens is 376 g/mol. The maximum atomic E-state index is 12.6. The number of pyridine rings is 1. The van der Waals surface area contributed by atoms with Crippen LogP contribution in [0.25, 0.3) is 6.08 Å². The third-order valence-electron chi connectivity index (χ3n) is 4.03. The van der Waals surface area contributed by atoms with Crippen LogP contribution in [0.2, 0.25) is 5.02 Å². The van der Waals surface area contributed by atoms with Crippen LogP contribution in [0.5, 0.6) is 11.5 Å². The van der Waals surface area contributed by atoms with Gasteiger partial charge >= 0.3 is 0 Å². The normalized spacial score (nSPS) is 10.7. The van der Waals surface area contributed by atoms with E-state index >= 15 is 0 Å². The number of carbonyl (C=O) groups is 1. The molecule has 0 spiro atoms. The number of allylic oxidation sites excluding steroid dienone is 1. The van der Waals surface area contributed by atoms with Crippen LogP contribution < -0.4 is 14.8 Å². The first kappa shape index (κ1) is 19.5. The summed E-state index contributed by atoms with van der Waals surface area (Å²) in [6.07, 6.45) is 4.92. The first-order valence-electron chi connectivity index (χ1n) is 8.53. The molecule has 0 aliphatic carbocycles. The number of hydrogen-bond acceptors (Lipinski definition) is 5. The predicted molar refractivity (Wildman–Crippen MR) is 112 cm³/mol. The van der Waals surface area contributed by atoms with Crippen LogP contribution in [0.15, 0.2) is 66.9 Å². The van der Waals surface area contributed by atoms with Crippen LogP contribution in [-0.2, 0) is 0 Å². The Kier molecular flexibility index (Phi) is 6.29. The van der Waals surface area contributed by atoms with Gasteiger partial charge in [0.2, 0.25) is 0 Å². The van der Waals surface area contributed by atoms with E-state index < -0.39 is 0 Å². The summed E-state index contributed by atoms with van der Waals surface area (Å²) in [4.78, 5) is 16.9. The number of methoxy groups -OCH3 is 2. The average molecular weight is 395 g/mol. The molecule has 1 heterocycles. The van der Waals surface area contributed by atoms with Crippen LogP contribution in [0.4, 0.5) is 11.5 Å². The van der Waals surface area contributed by atoms with Gasteiger partial charge in [0.15, 0.2) is 17.3 Å². The number of nitrogens with one attached hydrogen (secondary N) is 1. The van der Waals surface area contributed by atoms with E-state index in [0.29, 0.717) is 27.9 Å². The van der Waals surface area contributed by atoms with E-state index in [1.165, 1.54) is 13.2 Å². The molecule has 0 atom stereocenters. The number of halogens is 1. The molecule has 3 aromatic rings. The van der Waals surface area contributed by atoms with Crippen LogP contribution >= 0.6 is 11.6 Å². The topological polar surface area (TPSA) is 60.5 Å². The van der Waals surface area contributed by atoms with Crippen molar-refractivity contribution in [2.45, 2.75) is 0 Å². The fourth-order valence-electron chi connectivity index (χ4n) is 2.58. The van der Waals surface area contributed by atoms with E-state index in [2.05, 4.69) is 10.3 Å². The van der Waals surface area contributed by atoms with Gasteiger partial charge in [0, 0.05) is 28.0 Å². The molecule has 0 aliphatic heterocycles. The van der Waals surface area contributed by atoms with Gasteiger partial charge in [0.05, 0.1) is 14.2 Å². The third kappa shape index (κ3) is 4.69. The Morgan fingerprint density at radius 3 is 2.50 bits per heavy atom. The largest absolute Gasteiger partial charge is 0.493 e. The second-order valence-corrected chi connectivity index (χ2v) is 6.28. The van der Waals surface area contributed by atoms with Crippen molar-refractivity contribution < 1.29 is 14.3 Å². The molecular formula is C22H19ClN2O3. The number of ether oxygens (including phenoxy) is 2. The Balaban J connectivity index is 1.80. The second-order valence-electron chi connectivity index (χ2n) is 5.84. The van der Waals surface area contributed by atoms with Crippen LogP contribution in [0.3, 0.4) is 0 Å². The molecule has 0 radical (unpaired) electrons. The molecule has 0 saturated carbocycles. The van der Waals surface area contributed by atoms with Crippen molar-refractivity contribution >= 4 is 35.0 Å². The lowest BCUT2D eigenvalue weighted by Gasteiger charge is -2.09. The molecule has 0 saturated heterocycles. The van der Waals surface area contributed by atoms with Crippen molar-refractivity contribution in [1.29, 1.82) is 0 Å². The molecule has 0 bridgehead atoms. The van der Waals surface area contributed by atoms with Gasteiger partial charge in [-0.25, -0.2) is 4.98 Å². The van der Waals surface area contributed by atoms with Gasteiger partial charge in [0.25, 0.3) is 0 Å². The van der Waals surface area contributed by atoms with Gasteiger partial charge in [0.1, 0.15) is 5.82 Å². The number of nitrogens with zero attached hydrogens (tertiary/aromatic N) is 1. The Morgan fingerprint density at radius 1 is 1.04 bits per heavy atom. The van der Waals surface area contributed by atoms with Crippen molar-refractivity contribution in [1.82, 2.24) is 4.98 Å². The van der Waals surface area contributed by atoms with Gasteiger partial charge in [-0.15, -0.1) is 0 Å². The van der Waals surface area contributed by atoms with Gasteiger partial charge < -0.3 is 14.8 Å². The fourth-order valence-corrected chi connectivity index (χ4v) is 2.70. The minimum absolute atomic E-state index is 0.151. The Labute approximate surface area is 168 Å². The van der Waals surface area contributed by atoms with Gasteiger partial charge in [-0.1, -0.05) is 11.6 Å². The summed E-state index contributed by atoms with van der Waals surface area (Å²) < 4.78 is 10.5. The molecule has 142 valence electrons. The summed E-state index contributed by atoms with van der Waals surface area (Å²) in [5, 5.41) is 3.89. The molecule has 0 unspecified atom stereocenters. The SMILES string of the molecule is COc1ccc(C(=O)/C=C/c2cccnc2Nc2ccc(Cl)cc2)cc1OC. The Morgan fingerprint density at radius 2 is 1.79 bits per heavy atom. The quantitative estimate of drug-likeness (QED) is 0.430. The minimum Gasteiger partial charge on any atom is -0.493 e. The maximum absolute atomic E-state index is 12.6. The summed E-state index contributed by atoms with van der Waals surface area (Å²) in [5.41, 5.74) is 2.14. The van der Waals surface area contributed by atoms with Crippen molar-refractivity contribution in [2.75, 3.05) is 19.5 Å². The molecule has 2 aromatic carbocycles. The molecule has 1 N–H and O–H groups in total. The molecule has 3 rings (SSSR count). The van der Waals surface area contributed by atoms with Crippen LogP contribution in [0.1, 0.15) is 15.9 Å². The molecule has 0 aliphatic rings.